The van der Waals surface area contributed by atoms with E-state index in [1.54, 1.807) is 5.38 Å². The average molecular weight is 255 g/mol. The van der Waals surface area contributed by atoms with E-state index in [4.69, 9.17) is 5.73 Å². The Labute approximate surface area is 126 Å². The summed E-state index contributed by atoms with van der Waals surface area (Å²) in [6, 6.07) is 9.53. The summed E-state index contributed by atoms with van der Waals surface area (Å²) in [5, 5.41) is 13.0. The second-order valence-electron chi connectivity index (χ2n) is 3.42. The molecule has 0 amide bonds. The van der Waals surface area contributed by atoms with Gasteiger partial charge in [0, 0.05) is 18.0 Å². The minimum atomic E-state index is -1.09. The van der Waals surface area contributed by atoms with E-state index < -0.39 is 5.97 Å². The van der Waals surface area contributed by atoms with Gasteiger partial charge in [0.15, 0.2) is 0 Å². The molecule has 17 heavy (non-hydrogen) atoms. The Kier molecular flexibility index (Phi) is 5.21. The topological polar surface area (TPSA) is 66.2 Å². The number of carboxylic acids is 1. The van der Waals surface area contributed by atoms with Crippen LogP contribution < -0.4 is 40.4 Å². The first kappa shape index (κ1) is 14.3. The van der Waals surface area contributed by atoms with E-state index in [9.17, 15) is 9.90 Å². The first-order valence-electron chi connectivity index (χ1n) is 4.79. The van der Waals surface area contributed by atoms with Crippen molar-refractivity contribution in [3.05, 3.63) is 41.3 Å². The molecule has 0 radical (unpaired) electrons. The monoisotopic (exact) mass is 255 g/mol. The van der Waals surface area contributed by atoms with Gasteiger partial charge in [0.25, 0.3) is 0 Å². The van der Waals surface area contributed by atoms with Gasteiger partial charge in [-0.05, 0) is 16.5 Å². The quantitative estimate of drug-likeness (QED) is 0.664. The van der Waals surface area contributed by atoms with Gasteiger partial charge in [0.1, 0.15) is 0 Å². The molecule has 2 N–H and O–H groups in total. The number of carbonyl (C=O) groups excluding carboxylic acids is 1. The number of hydrogen-bond acceptors (Lipinski definition) is 4. The molecule has 1 aromatic heterocycles. The normalized spacial score (nSPS) is 9.65. The van der Waals surface area contributed by atoms with Crippen LogP contribution in [0.25, 0.3) is 11.1 Å². The van der Waals surface area contributed by atoms with E-state index in [0.717, 1.165) is 11.1 Å². The van der Waals surface area contributed by atoms with Crippen LogP contribution in [0.15, 0.2) is 35.7 Å². The number of benzene rings is 1. The molecule has 0 atom stereocenters. The van der Waals surface area contributed by atoms with Gasteiger partial charge >= 0.3 is 29.6 Å². The second-order valence-corrected chi connectivity index (χ2v) is 4.33. The molecule has 2 aromatic rings. The zero-order valence-electron chi connectivity index (χ0n) is 9.47. The van der Waals surface area contributed by atoms with Crippen LogP contribution in [-0.2, 0) is 11.2 Å². The van der Waals surface area contributed by atoms with Crippen molar-refractivity contribution < 1.29 is 39.5 Å². The van der Waals surface area contributed by atoms with Crippen molar-refractivity contribution in [3.63, 3.8) is 0 Å². The molecule has 1 aromatic carbocycles. The van der Waals surface area contributed by atoms with E-state index in [1.165, 1.54) is 11.3 Å². The van der Waals surface area contributed by atoms with Gasteiger partial charge in [0.05, 0.1) is 5.00 Å². The van der Waals surface area contributed by atoms with Gasteiger partial charge in [-0.1, -0.05) is 30.3 Å². The molecule has 0 fully saturated rings. The fourth-order valence-corrected chi connectivity index (χ4v) is 2.47. The van der Waals surface area contributed by atoms with Gasteiger partial charge in [-0.15, -0.1) is 11.3 Å². The van der Waals surface area contributed by atoms with Crippen LogP contribution >= 0.6 is 11.3 Å². The summed E-state index contributed by atoms with van der Waals surface area (Å²) in [5.74, 6) is -1.09. The fourth-order valence-electron chi connectivity index (χ4n) is 1.63. The van der Waals surface area contributed by atoms with Crippen molar-refractivity contribution in [1.29, 1.82) is 0 Å². The predicted octanol–water partition coefficient (Wildman–Crippen LogP) is -1.71. The Balaban J connectivity index is 0.00000144. The summed E-state index contributed by atoms with van der Waals surface area (Å²) in [7, 11) is 0. The molecular weight excluding hydrogens is 245 g/mol. The molecule has 1 heterocycles. The summed E-state index contributed by atoms with van der Waals surface area (Å²) < 4.78 is 0. The number of anilines is 1. The summed E-state index contributed by atoms with van der Waals surface area (Å²) in [4.78, 5) is 10.6. The van der Waals surface area contributed by atoms with Crippen LogP contribution in [0.5, 0.6) is 0 Å². The Morgan fingerprint density at radius 3 is 2.53 bits per heavy atom. The van der Waals surface area contributed by atoms with Gasteiger partial charge in [-0.2, -0.15) is 0 Å². The van der Waals surface area contributed by atoms with Crippen molar-refractivity contribution in [3.8, 4) is 11.1 Å². The summed E-state index contributed by atoms with van der Waals surface area (Å²) in [6.45, 7) is 0. The molecule has 0 bridgehead atoms. The second kappa shape index (κ2) is 6.21. The minimum absolute atomic E-state index is 0. The minimum Gasteiger partial charge on any atom is -0.550 e. The average Bonchev–Trinajstić information content (AvgIpc) is 2.60. The van der Waals surface area contributed by atoms with Crippen LogP contribution in [0.2, 0.25) is 0 Å². The van der Waals surface area contributed by atoms with Crippen LogP contribution in [0.3, 0.4) is 0 Å². The van der Waals surface area contributed by atoms with Crippen molar-refractivity contribution in [2.45, 2.75) is 6.42 Å². The van der Waals surface area contributed by atoms with Crippen LogP contribution in [-0.4, -0.2) is 5.97 Å². The van der Waals surface area contributed by atoms with Crippen LogP contribution in [0.1, 0.15) is 5.56 Å². The third-order valence-electron chi connectivity index (χ3n) is 2.29. The van der Waals surface area contributed by atoms with E-state index in [0.29, 0.717) is 10.6 Å². The Morgan fingerprint density at radius 1 is 1.29 bits per heavy atom. The van der Waals surface area contributed by atoms with Crippen molar-refractivity contribution in [2.24, 2.45) is 0 Å². The van der Waals surface area contributed by atoms with E-state index in [-0.39, 0.29) is 36.0 Å². The summed E-state index contributed by atoms with van der Waals surface area (Å²) >= 11 is 1.35. The standard InChI is InChI=1S/C12H11NO2S.Na/c13-12-11(8-4-2-1-3-5-8)9(7-16-12)6-10(14)15;/h1-5,7H,6,13H2,(H,14,15);/q;+1/p-1. The molecule has 3 nitrogen and oxygen atoms in total. The molecular formula is C12H10NNaO2S. The van der Waals surface area contributed by atoms with Crippen LogP contribution in [0.4, 0.5) is 5.00 Å². The smallest absolute Gasteiger partial charge is 0.550 e. The predicted molar refractivity (Wildman–Crippen MR) is 62.9 cm³/mol. The van der Waals surface area contributed by atoms with Gasteiger partial charge in [0.2, 0.25) is 0 Å². The molecule has 0 spiro atoms. The first-order valence-corrected chi connectivity index (χ1v) is 5.67. The summed E-state index contributed by atoms with van der Waals surface area (Å²) in [5.41, 5.74) is 8.33. The number of nitrogen functional groups attached to an aromatic ring is 1. The van der Waals surface area contributed by atoms with Gasteiger partial charge in [-0.25, -0.2) is 0 Å². The van der Waals surface area contributed by atoms with Gasteiger partial charge < -0.3 is 15.6 Å². The maximum Gasteiger partial charge on any atom is 1.00 e. The molecule has 0 aliphatic rings. The maximum atomic E-state index is 10.6. The molecule has 2 rings (SSSR count). The SMILES string of the molecule is Nc1scc(CC(=O)[O-])c1-c1ccccc1.[Na+]. The van der Waals surface area contributed by atoms with E-state index in [2.05, 4.69) is 0 Å². The fraction of sp³-hybridized carbons (Fsp3) is 0.0833. The van der Waals surface area contributed by atoms with Crippen LogP contribution in [0, 0.1) is 0 Å². The number of nitrogens with two attached hydrogens (primary N) is 1. The first-order chi connectivity index (χ1) is 7.68. The van der Waals surface area contributed by atoms with E-state index in [1.807, 2.05) is 30.3 Å². The molecule has 5 heteroatoms. The number of carbonyl (C=O) groups is 1. The number of rotatable bonds is 3. The molecule has 0 saturated heterocycles. The number of thiophene rings is 1. The molecule has 0 saturated carbocycles. The number of hydrogen-bond donors (Lipinski definition) is 1. The van der Waals surface area contributed by atoms with E-state index >= 15 is 0 Å². The van der Waals surface area contributed by atoms with Crippen molar-refractivity contribution in [2.75, 3.05) is 5.73 Å². The summed E-state index contributed by atoms with van der Waals surface area (Å²) in [6.07, 6.45) is -0.0993. The molecule has 82 valence electrons. The number of carboxylic acid groups (broad SMARTS) is 1. The Bertz CT molecular complexity index is 510. The Morgan fingerprint density at radius 2 is 1.94 bits per heavy atom. The Hall–Kier alpha value is -0.810. The van der Waals surface area contributed by atoms with Crippen molar-refractivity contribution >= 4 is 22.3 Å². The maximum absolute atomic E-state index is 10.6. The third-order valence-corrected chi connectivity index (χ3v) is 3.15. The largest absolute Gasteiger partial charge is 1.00 e. The zero-order valence-corrected chi connectivity index (χ0v) is 12.3. The molecule has 0 aliphatic carbocycles. The van der Waals surface area contributed by atoms with Gasteiger partial charge in [-0.3, -0.25) is 0 Å². The third kappa shape index (κ3) is 3.33. The molecule has 0 aliphatic heterocycles. The number of aliphatic carboxylic acids is 1. The van der Waals surface area contributed by atoms with Crippen molar-refractivity contribution in [1.82, 2.24) is 0 Å². The molecule has 0 unspecified atom stereocenters. The zero-order chi connectivity index (χ0) is 11.5.